The van der Waals surface area contributed by atoms with Crippen molar-refractivity contribution in [2.75, 3.05) is 6.61 Å². The lowest BCUT2D eigenvalue weighted by atomic mass is 10.0. The zero-order valence-corrected chi connectivity index (χ0v) is 24.4. The molecule has 0 aliphatic rings. The summed E-state index contributed by atoms with van der Waals surface area (Å²) in [6.45, 7) is 11.5. The van der Waals surface area contributed by atoms with E-state index in [0.29, 0.717) is 12.2 Å². The van der Waals surface area contributed by atoms with Crippen molar-refractivity contribution < 1.29 is 19.4 Å². The number of rotatable bonds is 22. The molecule has 0 amide bonds. The van der Waals surface area contributed by atoms with E-state index in [4.69, 9.17) is 9.84 Å². The molecule has 4 nitrogen and oxygen atoms in total. The summed E-state index contributed by atoms with van der Waals surface area (Å²) in [6, 6.07) is 10.0. The van der Waals surface area contributed by atoms with Gasteiger partial charge >= 0.3 is 11.9 Å². The molecule has 0 saturated carbocycles. The molecule has 1 aromatic carbocycles. The predicted octanol–water partition coefficient (Wildman–Crippen LogP) is 10.1. The van der Waals surface area contributed by atoms with Crippen LogP contribution < -0.4 is 0 Å². The molecule has 0 unspecified atom stereocenters. The second kappa shape index (κ2) is 26.0. The molecule has 0 atom stereocenters. The van der Waals surface area contributed by atoms with E-state index in [1.165, 1.54) is 108 Å². The molecular weight excluding hydrogens is 472 g/mol. The number of aliphatic carboxylic acids is 1. The summed E-state index contributed by atoms with van der Waals surface area (Å²) in [4.78, 5) is 22.5. The highest BCUT2D eigenvalue weighted by Gasteiger charge is 2.08. The van der Waals surface area contributed by atoms with Crippen LogP contribution in [0.25, 0.3) is 6.08 Å². The monoisotopic (exact) mass is 526 g/mol. The summed E-state index contributed by atoms with van der Waals surface area (Å²) in [7, 11) is 0. The molecule has 0 bridgehead atoms. The molecule has 0 saturated heterocycles. The third kappa shape index (κ3) is 22.6. The maximum absolute atomic E-state index is 11.8. The predicted molar refractivity (Wildman–Crippen MR) is 162 cm³/mol. The molecule has 0 aliphatic carbocycles. The average Bonchev–Trinajstić information content (AvgIpc) is 2.93. The number of allylic oxidation sites excluding steroid dienone is 1. The first-order valence-electron chi connectivity index (χ1n) is 14.8. The van der Waals surface area contributed by atoms with Gasteiger partial charge in [-0.1, -0.05) is 159 Å². The van der Waals surface area contributed by atoms with Crippen LogP contribution in [-0.2, 0) is 14.3 Å². The Kier molecular flexibility index (Phi) is 24.2. The van der Waals surface area contributed by atoms with Gasteiger partial charge in [0.1, 0.15) is 0 Å². The van der Waals surface area contributed by atoms with Gasteiger partial charge in [-0.15, -0.1) is 0 Å². The van der Waals surface area contributed by atoms with Crippen molar-refractivity contribution in [2.45, 2.75) is 123 Å². The van der Waals surface area contributed by atoms with Gasteiger partial charge in [-0.25, -0.2) is 9.59 Å². The lowest BCUT2D eigenvalue weighted by molar-refractivity contribution is -0.139. The minimum atomic E-state index is -0.982. The van der Waals surface area contributed by atoms with Crippen LogP contribution in [0.15, 0.2) is 60.7 Å². The Morgan fingerprint density at radius 3 is 1.63 bits per heavy atom. The maximum Gasteiger partial charge on any atom is 0.333 e. The lowest BCUT2D eigenvalue weighted by Gasteiger charge is -2.06. The standard InChI is InChI=1S/C26H46O4.C8H8/c1-4-5-6-7-8-9-10-11-12-13-14-15-16-17-18-19-22-30-26(29)24(3)21-20-23(2)25(27)28;1-2-8-6-4-3-5-7-8/h20H,3-19,21-22H2,1-2H3,(H,27,28);2-7H,1H2. The van der Waals surface area contributed by atoms with Crippen molar-refractivity contribution in [3.63, 3.8) is 0 Å². The Morgan fingerprint density at radius 2 is 1.24 bits per heavy atom. The first-order chi connectivity index (χ1) is 18.4. The van der Waals surface area contributed by atoms with E-state index < -0.39 is 11.9 Å². The summed E-state index contributed by atoms with van der Waals surface area (Å²) < 4.78 is 5.20. The van der Waals surface area contributed by atoms with Crippen LogP contribution in [0.1, 0.15) is 129 Å². The Labute approximate surface area is 233 Å². The molecule has 0 aliphatic heterocycles. The Hall–Kier alpha value is -2.62. The molecule has 0 aromatic heterocycles. The molecule has 1 aromatic rings. The van der Waals surface area contributed by atoms with E-state index in [1.807, 2.05) is 36.4 Å². The summed E-state index contributed by atoms with van der Waals surface area (Å²) in [5.74, 6) is -1.41. The van der Waals surface area contributed by atoms with Gasteiger partial charge in [0, 0.05) is 11.1 Å². The fourth-order valence-corrected chi connectivity index (χ4v) is 3.95. The highest BCUT2D eigenvalue weighted by molar-refractivity contribution is 5.89. The Bertz CT molecular complexity index is 779. The SMILES string of the molecule is C=C(CC=C(C)C(=O)O)C(=O)OCCCCCCCCCCCCCCCCCC.C=Cc1ccccc1. The highest BCUT2D eigenvalue weighted by atomic mass is 16.5. The van der Waals surface area contributed by atoms with E-state index in [9.17, 15) is 9.59 Å². The van der Waals surface area contributed by atoms with Crippen molar-refractivity contribution in [1.29, 1.82) is 0 Å². The van der Waals surface area contributed by atoms with Crippen LogP contribution in [0.3, 0.4) is 0 Å². The van der Waals surface area contributed by atoms with E-state index in [1.54, 1.807) is 0 Å². The second-order valence-corrected chi connectivity index (χ2v) is 10.1. The normalized spacial score (nSPS) is 10.8. The van der Waals surface area contributed by atoms with E-state index >= 15 is 0 Å². The summed E-state index contributed by atoms with van der Waals surface area (Å²) in [5, 5.41) is 8.79. The third-order valence-corrected chi connectivity index (χ3v) is 6.55. The molecule has 0 fully saturated rings. The number of esters is 1. The number of carbonyl (C=O) groups is 2. The number of benzene rings is 1. The van der Waals surface area contributed by atoms with Crippen LogP contribution >= 0.6 is 0 Å². The summed E-state index contributed by atoms with van der Waals surface area (Å²) in [6.07, 6.45) is 24.6. The number of hydrogen-bond acceptors (Lipinski definition) is 3. The van der Waals surface area contributed by atoms with Crippen molar-refractivity contribution in [3.8, 4) is 0 Å². The summed E-state index contributed by atoms with van der Waals surface area (Å²) in [5.41, 5.74) is 1.68. The zero-order chi connectivity index (χ0) is 28.3. The smallest absolute Gasteiger partial charge is 0.333 e. The maximum atomic E-state index is 11.8. The molecule has 0 radical (unpaired) electrons. The summed E-state index contributed by atoms with van der Waals surface area (Å²) >= 11 is 0. The van der Waals surface area contributed by atoms with Crippen LogP contribution in [0.5, 0.6) is 0 Å². The van der Waals surface area contributed by atoms with E-state index in [2.05, 4.69) is 20.1 Å². The minimum absolute atomic E-state index is 0.210. The first kappa shape index (κ1) is 35.4. The molecule has 0 spiro atoms. The Morgan fingerprint density at radius 1 is 0.789 bits per heavy atom. The van der Waals surface area contributed by atoms with Crippen LogP contribution in [0.4, 0.5) is 0 Å². The second-order valence-electron chi connectivity index (χ2n) is 10.1. The molecule has 4 heteroatoms. The van der Waals surface area contributed by atoms with Gasteiger partial charge in [0.05, 0.1) is 6.61 Å². The zero-order valence-electron chi connectivity index (χ0n) is 24.4. The fraction of sp³-hybridized carbons (Fsp3) is 0.588. The van der Waals surface area contributed by atoms with E-state index in [0.717, 1.165) is 12.8 Å². The molecule has 0 heterocycles. The lowest BCUT2D eigenvalue weighted by Crippen LogP contribution is -2.08. The van der Waals surface area contributed by atoms with Crippen LogP contribution in [-0.4, -0.2) is 23.7 Å². The number of carboxylic acids is 1. The van der Waals surface area contributed by atoms with Crippen molar-refractivity contribution in [3.05, 3.63) is 66.3 Å². The largest absolute Gasteiger partial charge is 0.478 e. The van der Waals surface area contributed by atoms with Gasteiger partial charge in [0.15, 0.2) is 0 Å². The fourth-order valence-electron chi connectivity index (χ4n) is 3.95. The first-order valence-corrected chi connectivity index (χ1v) is 14.8. The molecular formula is C34H54O4. The number of ether oxygens (including phenoxy) is 1. The van der Waals surface area contributed by atoms with E-state index in [-0.39, 0.29) is 12.0 Å². The van der Waals surface area contributed by atoms with Gasteiger partial charge in [-0.3, -0.25) is 0 Å². The highest BCUT2D eigenvalue weighted by Crippen LogP contribution is 2.14. The van der Waals surface area contributed by atoms with Crippen LogP contribution in [0.2, 0.25) is 0 Å². The van der Waals surface area contributed by atoms with Crippen molar-refractivity contribution in [1.82, 2.24) is 0 Å². The topological polar surface area (TPSA) is 63.6 Å². The van der Waals surface area contributed by atoms with Crippen LogP contribution in [0, 0.1) is 0 Å². The number of unbranched alkanes of at least 4 members (excludes halogenated alkanes) is 15. The number of hydrogen-bond donors (Lipinski definition) is 1. The van der Waals surface area contributed by atoms with Crippen molar-refractivity contribution >= 4 is 18.0 Å². The van der Waals surface area contributed by atoms with Gasteiger partial charge < -0.3 is 9.84 Å². The Balaban J connectivity index is 0.00000144. The quantitative estimate of drug-likeness (QED) is 0.0927. The number of carbonyl (C=O) groups excluding carboxylic acids is 1. The average molecular weight is 527 g/mol. The molecule has 38 heavy (non-hydrogen) atoms. The van der Waals surface area contributed by atoms with Gasteiger partial charge in [0.25, 0.3) is 0 Å². The van der Waals surface area contributed by atoms with Gasteiger partial charge in [-0.05, 0) is 25.3 Å². The minimum Gasteiger partial charge on any atom is -0.478 e. The van der Waals surface area contributed by atoms with Gasteiger partial charge in [0.2, 0.25) is 0 Å². The molecule has 1 N–H and O–H groups in total. The number of carboxylic acid groups (broad SMARTS) is 1. The van der Waals surface area contributed by atoms with Crippen molar-refractivity contribution in [2.24, 2.45) is 0 Å². The third-order valence-electron chi connectivity index (χ3n) is 6.55. The molecule has 1 rings (SSSR count). The molecule has 214 valence electrons. The van der Waals surface area contributed by atoms with Gasteiger partial charge in [-0.2, -0.15) is 0 Å².